The summed E-state index contributed by atoms with van der Waals surface area (Å²) in [6, 6.07) is 5.51. The van der Waals surface area contributed by atoms with E-state index in [4.69, 9.17) is 17.0 Å². The molecule has 1 aliphatic rings. The highest BCUT2D eigenvalue weighted by Crippen LogP contribution is 2.30. The molecule has 1 saturated heterocycles. The number of carbonyl (C=O) groups is 1. The van der Waals surface area contributed by atoms with Crippen LogP contribution >= 0.6 is 12.2 Å². The molecule has 1 aromatic rings. The van der Waals surface area contributed by atoms with E-state index in [1.807, 2.05) is 13.8 Å². The zero-order valence-corrected chi connectivity index (χ0v) is 13.4. The van der Waals surface area contributed by atoms with Crippen molar-refractivity contribution in [3.8, 4) is 0 Å². The normalized spacial score (nSPS) is 21.3. The van der Waals surface area contributed by atoms with Crippen molar-refractivity contribution in [3.05, 3.63) is 47.9 Å². The molecule has 0 aromatic heterocycles. The van der Waals surface area contributed by atoms with Crippen LogP contribution in [0.1, 0.15) is 25.5 Å². The van der Waals surface area contributed by atoms with Crippen molar-refractivity contribution in [2.24, 2.45) is 11.8 Å². The number of benzene rings is 1. The van der Waals surface area contributed by atoms with Gasteiger partial charge in [0.15, 0.2) is 5.11 Å². The lowest BCUT2D eigenvalue weighted by atomic mass is 9.89. The number of ether oxygens (including phenoxy) is 1. The van der Waals surface area contributed by atoms with Crippen LogP contribution in [0, 0.1) is 17.7 Å². The SMILES string of the molecule is C=C1NC(=S)N[C@@H](c2ccc(F)cc2)[C@@H]1C(=O)OCC(C)C. The lowest BCUT2D eigenvalue weighted by Gasteiger charge is -2.35. The summed E-state index contributed by atoms with van der Waals surface area (Å²) >= 11 is 5.12. The third-order valence-corrected chi connectivity index (χ3v) is 3.53. The van der Waals surface area contributed by atoms with E-state index >= 15 is 0 Å². The zero-order valence-electron chi connectivity index (χ0n) is 12.6. The highest BCUT2D eigenvalue weighted by Gasteiger charge is 2.37. The van der Waals surface area contributed by atoms with Crippen LogP contribution in [0.5, 0.6) is 0 Å². The van der Waals surface area contributed by atoms with Crippen molar-refractivity contribution >= 4 is 23.3 Å². The Bertz CT molecular complexity index is 586. The van der Waals surface area contributed by atoms with Gasteiger partial charge in [0.1, 0.15) is 11.7 Å². The minimum absolute atomic E-state index is 0.243. The van der Waals surface area contributed by atoms with Gasteiger partial charge in [-0.15, -0.1) is 0 Å². The predicted octanol–water partition coefficient (Wildman–Crippen LogP) is 2.67. The smallest absolute Gasteiger partial charge is 0.317 e. The number of nitrogens with one attached hydrogen (secondary N) is 2. The summed E-state index contributed by atoms with van der Waals surface area (Å²) in [6.45, 7) is 8.14. The van der Waals surface area contributed by atoms with Gasteiger partial charge in [0.05, 0.1) is 12.6 Å². The molecule has 22 heavy (non-hydrogen) atoms. The highest BCUT2D eigenvalue weighted by atomic mass is 32.1. The molecule has 0 saturated carbocycles. The van der Waals surface area contributed by atoms with Gasteiger partial charge in [0, 0.05) is 5.70 Å². The standard InChI is InChI=1S/C16H19FN2O2S/c1-9(2)8-21-15(20)13-10(3)18-16(22)19-14(13)11-4-6-12(17)7-5-11/h4-7,9,13-14H,3,8H2,1-2H3,(H2,18,19,22)/t13-,14+/m1/s1. The molecule has 2 atom stereocenters. The number of carbonyl (C=O) groups excluding carboxylic acids is 1. The molecule has 0 radical (unpaired) electrons. The highest BCUT2D eigenvalue weighted by molar-refractivity contribution is 7.80. The van der Waals surface area contributed by atoms with Gasteiger partial charge in [-0.1, -0.05) is 32.6 Å². The minimum atomic E-state index is -0.629. The molecular formula is C16H19FN2O2S. The Labute approximate surface area is 134 Å². The lowest BCUT2D eigenvalue weighted by molar-refractivity contribution is -0.149. The molecule has 0 aliphatic carbocycles. The van der Waals surface area contributed by atoms with Gasteiger partial charge in [0.2, 0.25) is 0 Å². The quantitative estimate of drug-likeness (QED) is 0.659. The maximum absolute atomic E-state index is 13.1. The Kier molecular flexibility index (Phi) is 5.13. The third-order valence-electron chi connectivity index (χ3n) is 3.31. The van der Waals surface area contributed by atoms with E-state index in [1.165, 1.54) is 12.1 Å². The van der Waals surface area contributed by atoms with Crippen molar-refractivity contribution in [1.29, 1.82) is 0 Å². The molecule has 2 rings (SSSR count). The van der Waals surface area contributed by atoms with Gasteiger partial charge in [-0.05, 0) is 35.8 Å². The maximum atomic E-state index is 13.1. The largest absolute Gasteiger partial charge is 0.465 e. The molecule has 2 N–H and O–H groups in total. The molecular weight excluding hydrogens is 303 g/mol. The lowest BCUT2D eigenvalue weighted by Crippen LogP contribution is -2.51. The van der Waals surface area contributed by atoms with Crippen LogP contribution in [0.2, 0.25) is 0 Å². The average Bonchev–Trinajstić information content (AvgIpc) is 2.44. The van der Waals surface area contributed by atoms with Crippen LogP contribution in [0.3, 0.4) is 0 Å². The summed E-state index contributed by atoms with van der Waals surface area (Å²) in [5.74, 6) is -1.10. The fourth-order valence-electron chi connectivity index (χ4n) is 2.25. The van der Waals surface area contributed by atoms with Gasteiger partial charge in [-0.25, -0.2) is 4.39 Å². The first-order chi connectivity index (χ1) is 10.4. The molecule has 0 unspecified atom stereocenters. The van der Waals surface area contributed by atoms with Crippen LogP contribution < -0.4 is 10.6 Å². The monoisotopic (exact) mass is 322 g/mol. The number of hydrogen-bond acceptors (Lipinski definition) is 3. The number of thiocarbonyl (C=S) groups is 1. The first-order valence-electron chi connectivity index (χ1n) is 7.07. The van der Waals surface area contributed by atoms with E-state index in [1.54, 1.807) is 12.1 Å². The molecule has 1 aliphatic heterocycles. The van der Waals surface area contributed by atoms with E-state index < -0.39 is 12.0 Å². The van der Waals surface area contributed by atoms with Crippen LogP contribution in [-0.2, 0) is 9.53 Å². The van der Waals surface area contributed by atoms with Gasteiger partial charge in [-0.2, -0.15) is 0 Å². The Morgan fingerprint density at radius 2 is 2.05 bits per heavy atom. The van der Waals surface area contributed by atoms with Crippen LogP contribution in [0.15, 0.2) is 36.5 Å². The van der Waals surface area contributed by atoms with Gasteiger partial charge in [-0.3, -0.25) is 4.79 Å². The zero-order chi connectivity index (χ0) is 16.3. The second-order valence-corrected chi connectivity index (χ2v) is 6.06. The van der Waals surface area contributed by atoms with Crippen LogP contribution in [0.25, 0.3) is 0 Å². The third kappa shape index (κ3) is 3.82. The Balaban J connectivity index is 2.25. The summed E-state index contributed by atoms with van der Waals surface area (Å²) in [5.41, 5.74) is 1.23. The molecule has 1 fully saturated rings. The minimum Gasteiger partial charge on any atom is -0.465 e. The summed E-state index contributed by atoms with van der Waals surface area (Å²) in [6.07, 6.45) is 0. The first kappa shape index (κ1) is 16.4. The fourth-order valence-corrected chi connectivity index (χ4v) is 2.51. The van der Waals surface area contributed by atoms with Crippen molar-refractivity contribution in [3.63, 3.8) is 0 Å². The van der Waals surface area contributed by atoms with Gasteiger partial charge >= 0.3 is 5.97 Å². The van der Waals surface area contributed by atoms with Crippen molar-refractivity contribution < 1.29 is 13.9 Å². The Morgan fingerprint density at radius 3 is 2.64 bits per heavy atom. The number of hydrogen-bond donors (Lipinski definition) is 2. The Morgan fingerprint density at radius 1 is 1.41 bits per heavy atom. The maximum Gasteiger partial charge on any atom is 0.317 e. The number of rotatable bonds is 4. The second kappa shape index (κ2) is 6.87. The van der Waals surface area contributed by atoms with Crippen molar-refractivity contribution in [2.75, 3.05) is 6.61 Å². The molecule has 0 spiro atoms. The van der Waals surface area contributed by atoms with Gasteiger partial charge < -0.3 is 15.4 Å². The topological polar surface area (TPSA) is 50.4 Å². The summed E-state index contributed by atoms with van der Waals surface area (Å²) in [5, 5.41) is 6.28. The second-order valence-electron chi connectivity index (χ2n) is 5.65. The number of halogens is 1. The number of esters is 1. The van der Waals surface area contributed by atoms with E-state index in [9.17, 15) is 9.18 Å². The van der Waals surface area contributed by atoms with Crippen molar-refractivity contribution in [1.82, 2.24) is 10.6 Å². The molecule has 1 aromatic carbocycles. The molecule has 4 nitrogen and oxygen atoms in total. The van der Waals surface area contributed by atoms with Gasteiger partial charge in [0.25, 0.3) is 0 Å². The van der Waals surface area contributed by atoms with E-state index in [0.717, 1.165) is 5.56 Å². The Hall–Kier alpha value is -1.95. The first-order valence-corrected chi connectivity index (χ1v) is 7.47. The van der Waals surface area contributed by atoms with E-state index in [2.05, 4.69) is 17.2 Å². The predicted molar refractivity (Wildman–Crippen MR) is 86.4 cm³/mol. The molecule has 0 bridgehead atoms. The van der Waals surface area contributed by atoms with E-state index in [0.29, 0.717) is 17.4 Å². The fraction of sp³-hybridized carbons (Fsp3) is 0.375. The average molecular weight is 322 g/mol. The molecule has 1 heterocycles. The van der Waals surface area contributed by atoms with E-state index in [-0.39, 0.29) is 17.7 Å². The molecule has 6 heteroatoms. The molecule has 0 amide bonds. The summed E-state index contributed by atoms with van der Waals surface area (Å²) in [7, 11) is 0. The van der Waals surface area contributed by atoms with Crippen LogP contribution in [0.4, 0.5) is 4.39 Å². The molecule has 118 valence electrons. The summed E-state index contributed by atoms with van der Waals surface area (Å²) < 4.78 is 18.4. The summed E-state index contributed by atoms with van der Waals surface area (Å²) in [4.78, 5) is 12.4. The van der Waals surface area contributed by atoms with Crippen LogP contribution in [-0.4, -0.2) is 17.7 Å². The van der Waals surface area contributed by atoms with Crippen molar-refractivity contribution in [2.45, 2.75) is 19.9 Å².